The third-order valence-corrected chi connectivity index (χ3v) is 3.66. The van der Waals surface area contributed by atoms with Crippen LogP contribution in [-0.4, -0.2) is 45.6 Å². The first-order valence-corrected chi connectivity index (χ1v) is 7.70. The molecule has 1 fully saturated rings. The van der Waals surface area contributed by atoms with E-state index in [-0.39, 0.29) is 24.1 Å². The molecule has 0 radical (unpaired) electrons. The Balaban J connectivity index is 2.71. The lowest BCUT2D eigenvalue weighted by Gasteiger charge is -2.28. The molecule has 0 spiro atoms. The molecule has 1 aliphatic heterocycles. The van der Waals surface area contributed by atoms with Crippen molar-refractivity contribution in [3.05, 3.63) is 0 Å². The van der Waals surface area contributed by atoms with E-state index in [0.717, 1.165) is 6.42 Å². The van der Waals surface area contributed by atoms with Gasteiger partial charge in [0.1, 0.15) is 22.3 Å². The predicted molar refractivity (Wildman–Crippen MR) is 78.6 cm³/mol. The summed E-state index contributed by atoms with van der Waals surface area (Å²) in [6.07, 6.45) is 1.52. The molecule has 0 aromatic rings. The zero-order valence-electron chi connectivity index (χ0n) is 12.4. The molecule has 114 valence electrons. The second-order valence-corrected chi connectivity index (χ2v) is 7.20. The Morgan fingerprint density at radius 3 is 2.45 bits per heavy atom. The Morgan fingerprint density at radius 1 is 1.35 bits per heavy atom. The maximum Gasteiger partial charge on any atom is 0.329 e. The van der Waals surface area contributed by atoms with Gasteiger partial charge in [-0.3, -0.25) is 9.59 Å². The highest BCUT2D eigenvalue weighted by atomic mass is 79.9. The van der Waals surface area contributed by atoms with Gasteiger partial charge in [-0.2, -0.15) is 0 Å². The minimum atomic E-state index is -0.568. The Kier molecular flexibility index (Phi) is 5.74. The van der Waals surface area contributed by atoms with Crippen molar-refractivity contribution in [3.8, 4) is 0 Å². The Labute approximate surface area is 128 Å². The van der Waals surface area contributed by atoms with Crippen molar-refractivity contribution in [1.82, 2.24) is 4.90 Å². The number of Topliss-reactive ketones (excluding diaryl/α,β-unsaturated/α-hetero) is 1. The number of hydrogen-bond acceptors (Lipinski definition) is 4. The summed E-state index contributed by atoms with van der Waals surface area (Å²) >= 11 is 3.23. The van der Waals surface area contributed by atoms with Crippen LogP contribution in [0.1, 0.15) is 47.0 Å². The van der Waals surface area contributed by atoms with Gasteiger partial charge < -0.3 is 9.64 Å². The van der Waals surface area contributed by atoms with Crippen LogP contribution in [0.15, 0.2) is 0 Å². The second kappa shape index (κ2) is 6.70. The molecule has 0 saturated carbocycles. The molecule has 2 atom stereocenters. The SMILES string of the molecule is CC(=O)CC(Br)C(=O)N1CCC[C@H]1C(=O)OC(C)(C)C. The van der Waals surface area contributed by atoms with Crippen molar-refractivity contribution in [2.45, 2.75) is 63.4 Å². The van der Waals surface area contributed by atoms with Gasteiger partial charge in [-0.15, -0.1) is 0 Å². The fourth-order valence-corrected chi connectivity index (χ4v) is 2.88. The number of halogens is 1. The molecule has 1 saturated heterocycles. The lowest BCUT2D eigenvalue weighted by atomic mass is 10.1. The number of likely N-dealkylation sites (tertiary alicyclic amines) is 1. The third-order valence-electron chi connectivity index (χ3n) is 2.95. The summed E-state index contributed by atoms with van der Waals surface area (Å²) in [5, 5.41) is 0. The van der Waals surface area contributed by atoms with Crippen LogP contribution in [-0.2, 0) is 19.1 Å². The normalized spacial score (nSPS) is 20.6. The molecule has 0 aliphatic carbocycles. The molecule has 1 amide bonds. The summed E-state index contributed by atoms with van der Waals surface area (Å²) in [4.78, 5) is 36.4. The number of carbonyl (C=O) groups is 3. The lowest BCUT2D eigenvalue weighted by molar-refractivity contribution is -0.163. The number of ether oxygens (including phenoxy) is 1. The van der Waals surface area contributed by atoms with Gasteiger partial charge >= 0.3 is 5.97 Å². The monoisotopic (exact) mass is 347 g/mol. The molecule has 1 unspecified atom stereocenters. The van der Waals surface area contributed by atoms with Gasteiger partial charge in [0.2, 0.25) is 5.91 Å². The molecule has 5 nitrogen and oxygen atoms in total. The second-order valence-electron chi connectivity index (χ2n) is 6.10. The average Bonchev–Trinajstić information content (AvgIpc) is 2.73. The number of rotatable bonds is 4. The summed E-state index contributed by atoms with van der Waals surface area (Å²) in [7, 11) is 0. The van der Waals surface area contributed by atoms with E-state index in [4.69, 9.17) is 4.74 Å². The number of hydrogen-bond donors (Lipinski definition) is 0. The van der Waals surface area contributed by atoms with Crippen LogP contribution in [0.4, 0.5) is 0 Å². The highest BCUT2D eigenvalue weighted by Gasteiger charge is 2.38. The average molecular weight is 348 g/mol. The largest absolute Gasteiger partial charge is 0.458 e. The van der Waals surface area contributed by atoms with E-state index in [1.165, 1.54) is 11.8 Å². The van der Waals surface area contributed by atoms with Crippen LogP contribution < -0.4 is 0 Å². The van der Waals surface area contributed by atoms with E-state index < -0.39 is 16.5 Å². The highest BCUT2D eigenvalue weighted by Crippen LogP contribution is 2.24. The zero-order chi connectivity index (χ0) is 15.5. The lowest BCUT2D eigenvalue weighted by Crippen LogP contribution is -2.46. The molecule has 0 aromatic carbocycles. The van der Waals surface area contributed by atoms with Crippen molar-refractivity contribution in [2.75, 3.05) is 6.54 Å². The number of alkyl halides is 1. The number of ketones is 1. The zero-order valence-corrected chi connectivity index (χ0v) is 14.0. The molecule has 0 aromatic heterocycles. The first-order chi connectivity index (χ1) is 9.11. The maximum absolute atomic E-state index is 12.3. The molecule has 1 heterocycles. The topological polar surface area (TPSA) is 63.7 Å². The molecule has 20 heavy (non-hydrogen) atoms. The third kappa shape index (κ3) is 4.89. The van der Waals surface area contributed by atoms with Gasteiger partial charge in [0.05, 0.1) is 0 Å². The van der Waals surface area contributed by atoms with E-state index in [2.05, 4.69) is 15.9 Å². The first kappa shape index (κ1) is 17.1. The van der Waals surface area contributed by atoms with Crippen molar-refractivity contribution in [1.29, 1.82) is 0 Å². The summed E-state index contributed by atoms with van der Waals surface area (Å²) in [6.45, 7) is 7.37. The van der Waals surface area contributed by atoms with Crippen LogP contribution in [0.3, 0.4) is 0 Å². The predicted octanol–water partition coefficient (Wildman–Crippen LogP) is 2.06. The number of nitrogens with zero attached hydrogens (tertiary/aromatic N) is 1. The molecule has 6 heteroatoms. The van der Waals surface area contributed by atoms with E-state index in [9.17, 15) is 14.4 Å². The quantitative estimate of drug-likeness (QED) is 0.576. The van der Waals surface area contributed by atoms with E-state index in [1.807, 2.05) is 0 Å². The Bertz CT molecular complexity index is 402. The first-order valence-electron chi connectivity index (χ1n) is 6.78. The summed E-state index contributed by atoms with van der Waals surface area (Å²) in [6, 6.07) is -0.534. The van der Waals surface area contributed by atoms with Crippen molar-refractivity contribution in [3.63, 3.8) is 0 Å². The van der Waals surface area contributed by atoms with Gasteiger partial charge in [-0.05, 0) is 40.5 Å². The minimum absolute atomic E-state index is 0.0618. The maximum atomic E-state index is 12.3. The Hall–Kier alpha value is -0.910. The van der Waals surface area contributed by atoms with Gasteiger partial charge in [0.25, 0.3) is 0 Å². The number of esters is 1. The molecular weight excluding hydrogens is 326 g/mol. The van der Waals surface area contributed by atoms with E-state index in [0.29, 0.717) is 13.0 Å². The van der Waals surface area contributed by atoms with Gasteiger partial charge in [-0.25, -0.2) is 4.79 Å². The van der Waals surface area contributed by atoms with Crippen molar-refractivity contribution >= 4 is 33.6 Å². The van der Waals surface area contributed by atoms with Gasteiger partial charge in [0.15, 0.2) is 0 Å². The highest BCUT2D eigenvalue weighted by molar-refractivity contribution is 9.10. The van der Waals surface area contributed by atoms with Crippen LogP contribution in [0, 0.1) is 0 Å². The van der Waals surface area contributed by atoms with Crippen molar-refractivity contribution in [2.24, 2.45) is 0 Å². The van der Waals surface area contributed by atoms with Crippen LogP contribution in [0.2, 0.25) is 0 Å². The molecule has 1 rings (SSSR count). The summed E-state index contributed by atoms with van der Waals surface area (Å²) in [5.41, 5.74) is -0.568. The van der Waals surface area contributed by atoms with Crippen LogP contribution in [0.25, 0.3) is 0 Å². The van der Waals surface area contributed by atoms with E-state index in [1.54, 1.807) is 20.8 Å². The van der Waals surface area contributed by atoms with Crippen LogP contribution in [0.5, 0.6) is 0 Å². The molecular formula is C14H22BrNO4. The standard InChI is InChI=1S/C14H22BrNO4/c1-9(17)8-10(15)12(18)16-7-5-6-11(16)13(19)20-14(2,3)4/h10-11H,5-8H2,1-4H3/t10?,11-/m0/s1. The smallest absolute Gasteiger partial charge is 0.329 e. The Morgan fingerprint density at radius 2 is 1.95 bits per heavy atom. The van der Waals surface area contributed by atoms with Gasteiger partial charge in [-0.1, -0.05) is 15.9 Å². The summed E-state index contributed by atoms with van der Waals surface area (Å²) < 4.78 is 5.35. The fraction of sp³-hybridized carbons (Fsp3) is 0.786. The molecule has 1 aliphatic rings. The van der Waals surface area contributed by atoms with Crippen LogP contribution >= 0.6 is 15.9 Å². The molecule has 0 N–H and O–H groups in total. The van der Waals surface area contributed by atoms with Gasteiger partial charge in [0, 0.05) is 13.0 Å². The fourth-order valence-electron chi connectivity index (χ4n) is 2.16. The number of amides is 1. The summed E-state index contributed by atoms with van der Waals surface area (Å²) in [5.74, 6) is -0.646. The number of carbonyl (C=O) groups excluding carboxylic acids is 3. The van der Waals surface area contributed by atoms with Crippen molar-refractivity contribution < 1.29 is 19.1 Å². The molecule has 0 bridgehead atoms. The minimum Gasteiger partial charge on any atom is -0.458 e. The van der Waals surface area contributed by atoms with E-state index >= 15 is 0 Å².